The fourth-order valence-electron chi connectivity index (χ4n) is 2.01. The van der Waals surface area contributed by atoms with Gasteiger partial charge in [0.25, 0.3) is 11.8 Å². The van der Waals surface area contributed by atoms with E-state index in [9.17, 15) is 19.2 Å². The van der Waals surface area contributed by atoms with E-state index in [1.54, 1.807) is 24.3 Å². The molecule has 0 aromatic heterocycles. The Morgan fingerprint density at radius 3 is 2.06 bits per heavy atom. The van der Waals surface area contributed by atoms with Gasteiger partial charge in [0.1, 0.15) is 12.6 Å². The fourth-order valence-corrected chi connectivity index (χ4v) is 2.01. The van der Waals surface area contributed by atoms with Crippen molar-refractivity contribution >= 4 is 24.4 Å². The van der Waals surface area contributed by atoms with Crippen LogP contribution in [0.2, 0.25) is 0 Å². The number of hydrogen-bond acceptors (Lipinski definition) is 4. The molecule has 0 saturated carbocycles. The maximum Gasteiger partial charge on any atom is 0.262 e. The molecule has 18 heavy (non-hydrogen) atoms. The number of fused-ring (bicyclic) bond motifs is 1. The third kappa shape index (κ3) is 1.84. The van der Waals surface area contributed by atoms with Crippen LogP contribution in [-0.4, -0.2) is 35.3 Å². The van der Waals surface area contributed by atoms with Gasteiger partial charge in [0.05, 0.1) is 17.2 Å². The predicted octanol–water partition coefficient (Wildman–Crippen LogP) is 0.829. The summed E-state index contributed by atoms with van der Waals surface area (Å²) in [6, 6.07) is 5.56. The molecule has 0 bridgehead atoms. The summed E-state index contributed by atoms with van der Waals surface area (Å²) in [7, 11) is 0. The van der Waals surface area contributed by atoms with Crippen LogP contribution in [0.3, 0.4) is 0 Å². The summed E-state index contributed by atoms with van der Waals surface area (Å²) in [6.07, 6.45) is 1.50. The molecule has 0 saturated heterocycles. The van der Waals surface area contributed by atoms with Crippen LogP contribution in [-0.2, 0) is 9.59 Å². The minimum atomic E-state index is -0.873. The first-order valence-corrected chi connectivity index (χ1v) is 5.56. The lowest BCUT2D eigenvalue weighted by Crippen LogP contribution is -2.40. The van der Waals surface area contributed by atoms with Crippen LogP contribution in [0.15, 0.2) is 24.3 Å². The molecule has 0 fully saturated rings. The van der Waals surface area contributed by atoms with Crippen molar-refractivity contribution in [2.75, 3.05) is 0 Å². The molecule has 0 radical (unpaired) electrons. The molecule has 1 aromatic rings. The topological polar surface area (TPSA) is 71.5 Å². The molecule has 2 amide bonds. The quantitative estimate of drug-likeness (QED) is 0.569. The highest BCUT2D eigenvalue weighted by molar-refractivity contribution is 6.22. The Morgan fingerprint density at radius 2 is 1.61 bits per heavy atom. The Hall–Kier alpha value is -2.30. The third-order valence-electron chi connectivity index (χ3n) is 2.89. The Morgan fingerprint density at radius 1 is 1.06 bits per heavy atom. The van der Waals surface area contributed by atoms with Crippen molar-refractivity contribution in [3.63, 3.8) is 0 Å². The summed E-state index contributed by atoms with van der Waals surface area (Å²) in [5.41, 5.74) is 0.612. The molecule has 0 spiro atoms. The molecular weight excluding hydrogens is 234 g/mol. The fraction of sp³-hybridized carbons (Fsp3) is 0.231. The van der Waals surface area contributed by atoms with Crippen LogP contribution in [0, 0.1) is 0 Å². The number of benzene rings is 1. The highest BCUT2D eigenvalue weighted by atomic mass is 16.2. The van der Waals surface area contributed by atoms with Crippen molar-refractivity contribution in [2.24, 2.45) is 0 Å². The zero-order valence-electron chi connectivity index (χ0n) is 9.54. The van der Waals surface area contributed by atoms with Crippen LogP contribution in [0.5, 0.6) is 0 Å². The van der Waals surface area contributed by atoms with E-state index in [1.807, 2.05) is 0 Å². The average Bonchev–Trinajstić information content (AvgIpc) is 2.65. The molecule has 1 aliphatic rings. The number of carbonyl (C=O) groups is 4. The van der Waals surface area contributed by atoms with Gasteiger partial charge in [-0.15, -0.1) is 0 Å². The molecule has 92 valence electrons. The lowest BCUT2D eigenvalue weighted by Gasteiger charge is -2.20. The Labute approximate surface area is 103 Å². The van der Waals surface area contributed by atoms with E-state index in [2.05, 4.69) is 0 Å². The third-order valence-corrected chi connectivity index (χ3v) is 2.89. The van der Waals surface area contributed by atoms with Crippen molar-refractivity contribution in [3.8, 4) is 0 Å². The molecule has 0 N–H and O–H groups in total. The molecule has 1 atom stereocenters. The average molecular weight is 245 g/mol. The van der Waals surface area contributed by atoms with E-state index >= 15 is 0 Å². The van der Waals surface area contributed by atoms with Gasteiger partial charge in [-0.2, -0.15) is 0 Å². The molecule has 0 aliphatic carbocycles. The Balaban J connectivity index is 2.32. The maximum atomic E-state index is 12.0. The van der Waals surface area contributed by atoms with Gasteiger partial charge < -0.3 is 9.59 Å². The minimum Gasteiger partial charge on any atom is -0.303 e. The highest BCUT2D eigenvalue weighted by Gasteiger charge is 2.39. The van der Waals surface area contributed by atoms with Gasteiger partial charge in [0.15, 0.2) is 0 Å². The number of aldehydes is 2. The summed E-state index contributed by atoms with van der Waals surface area (Å²) in [4.78, 5) is 46.3. The summed E-state index contributed by atoms with van der Waals surface area (Å²) < 4.78 is 0. The van der Waals surface area contributed by atoms with Crippen molar-refractivity contribution < 1.29 is 19.2 Å². The number of hydrogen-bond donors (Lipinski definition) is 0. The van der Waals surface area contributed by atoms with E-state index in [0.717, 1.165) is 4.90 Å². The van der Waals surface area contributed by atoms with Gasteiger partial charge in [0.2, 0.25) is 0 Å². The number of rotatable bonds is 5. The Kier molecular flexibility index (Phi) is 3.32. The van der Waals surface area contributed by atoms with Gasteiger partial charge in [-0.1, -0.05) is 12.1 Å². The van der Waals surface area contributed by atoms with Crippen LogP contribution in [0.4, 0.5) is 0 Å². The van der Waals surface area contributed by atoms with E-state index in [0.29, 0.717) is 23.7 Å². The van der Waals surface area contributed by atoms with Crippen molar-refractivity contribution in [2.45, 2.75) is 18.9 Å². The summed E-state index contributed by atoms with van der Waals surface area (Å²) in [5, 5.41) is 0. The monoisotopic (exact) mass is 245 g/mol. The first kappa shape index (κ1) is 12.2. The van der Waals surface area contributed by atoms with Gasteiger partial charge in [-0.05, 0) is 18.6 Å². The molecule has 2 rings (SSSR count). The normalized spacial score (nSPS) is 15.4. The second kappa shape index (κ2) is 4.91. The second-order valence-corrected chi connectivity index (χ2v) is 3.97. The van der Waals surface area contributed by atoms with Gasteiger partial charge in [-0.3, -0.25) is 14.5 Å². The first-order chi connectivity index (χ1) is 8.70. The zero-order chi connectivity index (χ0) is 13.1. The van der Waals surface area contributed by atoms with Gasteiger partial charge >= 0.3 is 0 Å². The number of imide groups is 1. The standard InChI is InChI=1S/C13H11NO4/c15-7-3-4-9(8-16)14-12(17)10-5-1-2-6-11(10)13(14)18/h1-2,5-9H,3-4H2. The number of nitrogens with zero attached hydrogens (tertiary/aromatic N) is 1. The van der Waals surface area contributed by atoms with Crippen molar-refractivity contribution in [1.82, 2.24) is 4.90 Å². The molecule has 5 heteroatoms. The van der Waals surface area contributed by atoms with Gasteiger partial charge in [0, 0.05) is 6.42 Å². The van der Waals surface area contributed by atoms with E-state index in [1.165, 1.54) is 0 Å². The van der Waals surface area contributed by atoms with Crippen LogP contribution >= 0.6 is 0 Å². The first-order valence-electron chi connectivity index (χ1n) is 5.56. The Bertz CT molecular complexity index is 488. The van der Waals surface area contributed by atoms with Crippen LogP contribution < -0.4 is 0 Å². The molecular formula is C13H11NO4. The lowest BCUT2D eigenvalue weighted by atomic mass is 10.1. The molecule has 5 nitrogen and oxygen atoms in total. The van der Waals surface area contributed by atoms with Crippen LogP contribution in [0.25, 0.3) is 0 Å². The maximum absolute atomic E-state index is 12.0. The lowest BCUT2D eigenvalue weighted by molar-refractivity contribution is -0.112. The molecule has 1 aromatic carbocycles. The largest absolute Gasteiger partial charge is 0.303 e. The highest BCUT2D eigenvalue weighted by Crippen LogP contribution is 2.25. The van der Waals surface area contributed by atoms with Crippen molar-refractivity contribution in [3.05, 3.63) is 35.4 Å². The van der Waals surface area contributed by atoms with E-state index < -0.39 is 17.9 Å². The van der Waals surface area contributed by atoms with E-state index in [4.69, 9.17) is 0 Å². The summed E-state index contributed by atoms with van der Waals surface area (Å²) in [6.45, 7) is 0. The van der Waals surface area contributed by atoms with E-state index in [-0.39, 0.29) is 12.8 Å². The second-order valence-electron chi connectivity index (χ2n) is 3.97. The van der Waals surface area contributed by atoms with Gasteiger partial charge in [-0.25, -0.2) is 0 Å². The zero-order valence-corrected chi connectivity index (χ0v) is 9.54. The SMILES string of the molecule is O=CCCC(C=O)N1C(=O)c2ccccc2C1=O. The van der Waals surface area contributed by atoms with Crippen LogP contribution in [0.1, 0.15) is 33.6 Å². The predicted molar refractivity (Wildman–Crippen MR) is 62.1 cm³/mol. The number of amides is 2. The molecule has 1 aliphatic heterocycles. The molecule has 1 unspecified atom stereocenters. The molecule has 1 heterocycles. The minimum absolute atomic E-state index is 0.136. The summed E-state index contributed by atoms with van der Waals surface area (Å²) >= 11 is 0. The van der Waals surface area contributed by atoms with Crippen molar-refractivity contribution in [1.29, 1.82) is 0 Å². The summed E-state index contributed by atoms with van der Waals surface area (Å²) in [5.74, 6) is -0.947. The smallest absolute Gasteiger partial charge is 0.262 e. The number of carbonyl (C=O) groups excluding carboxylic acids is 4.